The van der Waals surface area contributed by atoms with Crippen LogP contribution in [0.15, 0.2) is 0 Å². The van der Waals surface area contributed by atoms with Gasteiger partial charge in [-0.05, 0) is 6.42 Å². The van der Waals surface area contributed by atoms with E-state index in [1.54, 1.807) is 21.3 Å². The number of hydrogen-bond acceptors (Lipinski definition) is 4. The van der Waals surface area contributed by atoms with Gasteiger partial charge in [0.2, 0.25) is 0 Å². The molecule has 4 unspecified atom stereocenters. The lowest BCUT2D eigenvalue weighted by Gasteiger charge is -2.40. The summed E-state index contributed by atoms with van der Waals surface area (Å²) in [6.07, 6.45) is 0.922. The summed E-state index contributed by atoms with van der Waals surface area (Å²) in [4.78, 5) is 0. The van der Waals surface area contributed by atoms with E-state index in [1.165, 1.54) is 0 Å². The molecular weight excluding hydrogens is 184 g/mol. The van der Waals surface area contributed by atoms with Gasteiger partial charge < -0.3 is 18.9 Å². The van der Waals surface area contributed by atoms with Gasteiger partial charge in [0.25, 0.3) is 0 Å². The zero-order chi connectivity index (χ0) is 10.6. The highest BCUT2D eigenvalue weighted by Crippen LogP contribution is 2.23. The molecule has 4 atom stereocenters. The standard InChI is InChI=1S/C10H20O4/c1-5-7-9(12-3)10(13-4)8(11-2)6-14-7/h7-10H,5-6H2,1-4H3. The minimum Gasteiger partial charge on any atom is -0.376 e. The topological polar surface area (TPSA) is 36.9 Å². The van der Waals surface area contributed by atoms with Gasteiger partial charge in [-0.15, -0.1) is 0 Å². The monoisotopic (exact) mass is 204 g/mol. The molecule has 0 N–H and O–H groups in total. The molecule has 1 saturated heterocycles. The van der Waals surface area contributed by atoms with Crippen molar-refractivity contribution in [2.24, 2.45) is 0 Å². The Kier molecular flexibility index (Phi) is 4.81. The van der Waals surface area contributed by atoms with Crippen molar-refractivity contribution in [1.29, 1.82) is 0 Å². The van der Waals surface area contributed by atoms with Gasteiger partial charge in [0, 0.05) is 21.3 Å². The molecule has 4 heteroatoms. The van der Waals surface area contributed by atoms with Gasteiger partial charge >= 0.3 is 0 Å². The van der Waals surface area contributed by atoms with Crippen LogP contribution in [0.1, 0.15) is 13.3 Å². The average Bonchev–Trinajstić information content (AvgIpc) is 2.26. The quantitative estimate of drug-likeness (QED) is 0.680. The fourth-order valence-corrected chi connectivity index (χ4v) is 1.96. The fourth-order valence-electron chi connectivity index (χ4n) is 1.96. The molecule has 1 fully saturated rings. The third-order valence-corrected chi connectivity index (χ3v) is 2.78. The Balaban J connectivity index is 2.67. The largest absolute Gasteiger partial charge is 0.376 e. The van der Waals surface area contributed by atoms with Crippen LogP contribution in [0, 0.1) is 0 Å². The Labute approximate surface area is 85.5 Å². The molecule has 1 rings (SSSR count). The summed E-state index contributed by atoms with van der Waals surface area (Å²) >= 11 is 0. The number of ether oxygens (including phenoxy) is 4. The summed E-state index contributed by atoms with van der Waals surface area (Å²) < 4.78 is 21.7. The molecule has 0 aromatic heterocycles. The van der Waals surface area contributed by atoms with Crippen LogP contribution in [0.2, 0.25) is 0 Å². The van der Waals surface area contributed by atoms with E-state index in [-0.39, 0.29) is 24.4 Å². The fraction of sp³-hybridized carbons (Fsp3) is 1.00. The summed E-state index contributed by atoms with van der Waals surface area (Å²) in [5.41, 5.74) is 0. The van der Waals surface area contributed by atoms with E-state index in [1.807, 2.05) is 0 Å². The van der Waals surface area contributed by atoms with E-state index in [0.717, 1.165) is 6.42 Å². The maximum absolute atomic E-state index is 5.64. The second-order valence-electron chi connectivity index (χ2n) is 3.45. The first kappa shape index (κ1) is 11.9. The van der Waals surface area contributed by atoms with E-state index in [2.05, 4.69) is 6.92 Å². The molecule has 0 saturated carbocycles. The Hall–Kier alpha value is -0.160. The zero-order valence-corrected chi connectivity index (χ0v) is 9.36. The molecule has 0 bridgehead atoms. The highest BCUT2D eigenvalue weighted by molar-refractivity contribution is 4.89. The lowest BCUT2D eigenvalue weighted by atomic mass is 9.98. The Bertz CT molecular complexity index is 144. The Morgan fingerprint density at radius 3 is 2.14 bits per heavy atom. The van der Waals surface area contributed by atoms with Gasteiger partial charge in [-0.2, -0.15) is 0 Å². The highest BCUT2D eigenvalue weighted by atomic mass is 16.6. The molecule has 0 radical (unpaired) electrons. The van der Waals surface area contributed by atoms with Crippen LogP contribution in [0.25, 0.3) is 0 Å². The SMILES string of the molecule is CCC1OCC(OC)C(OC)C1OC. The lowest BCUT2D eigenvalue weighted by Crippen LogP contribution is -2.55. The van der Waals surface area contributed by atoms with E-state index in [0.29, 0.717) is 6.61 Å². The van der Waals surface area contributed by atoms with Crippen LogP contribution < -0.4 is 0 Å². The van der Waals surface area contributed by atoms with Gasteiger partial charge in [-0.25, -0.2) is 0 Å². The minimum absolute atomic E-state index is 0.0345. The van der Waals surface area contributed by atoms with Gasteiger partial charge in [0.1, 0.15) is 18.3 Å². The predicted octanol–water partition coefficient (Wildman–Crippen LogP) is 0.840. The summed E-state index contributed by atoms with van der Waals surface area (Å²) in [6.45, 7) is 2.66. The number of methoxy groups -OCH3 is 3. The molecule has 0 amide bonds. The molecular formula is C10H20O4. The Morgan fingerprint density at radius 2 is 1.71 bits per heavy atom. The summed E-state index contributed by atoms with van der Waals surface area (Å²) in [5.74, 6) is 0. The van der Waals surface area contributed by atoms with E-state index >= 15 is 0 Å². The maximum atomic E-state index is 5.64. The molecule has 0 aliphatic carbocycles. The lowest BCUT2D eigenvalue weighted by molar-refractivity contribution is -0.211. The van der Waals surface area contributed by atoms with E-state index in [4.69, 9.17) is 18.9 Å². The van der Waals surface area contributed by atoms with Crippen LogP contribution in [0.3, 0.4) is 0 Å². The van der Waals surface area contributed by atoms with Crippen LogP contribution in [0.5, 0.6) is 0 Å². The molecule has 4 nitrogen and oxygen atoms in total. The summed E-state index contributed by atoms with van der Waals surface area (Å²) in [6, 6.07) is 0. The summed E-state index contributed by atoms with van der Waals surface area (Å²) in [7, 11) is 5.03. The van der Waals surface area contributed by atoms with Crippen molar-refractivity contribution in [2.45, 2.75) is 37.8 Å². The van der Waals surface area contributed by atoms with E-state index in [9.17, 15) is 0 Å². The van der Waals surface area contributed by atoms with E-state index < -0.39 is 0 Å². The molecule has 1 heterocycles. The van der Waals surface area contributed by atoms with Crippen LogP contribution in [0.4, 0.5) is 0 Å². The van der Waals surface area contributed by atoms with Crippen molar-refractivity contribution in [3.05, 3.63) is 0 Å². The smallest absolute Gasteiger partial charge is 0.114 e. The van der Waals surface area contributed by atoms with Crippen molar-refractivity contribution < 1.29 is 18.9 Å². The van der Waals surface area contributed by atoms with Crippen molar-refractivity contribution in [1.82, 2.24) is 0 Å². The molecule has 84 valence electrons. The number of rotatable bonds is 4. The van der Waals surface area contributed by atoms with Crippen molar-refractivity contribution in [3.63, 3.8) is 0 Å². The molecule has 0 aromatic carbocycles. The molecule has 0 spiro atoms. The first-order valence-corrected chi connectivity index (χ1v) is 4.98. The number of hydrogen-bond donors (Lipinski definition) is 0. The maximum Gasteiger partial charge on any atom is 0.114 e. The molecule has 14 heavy (non-hydrogen) atoms. The molecule has 1 aliphatic heterocycles. The van der Waals surface area contributed by atoms with Gasteiger partial charge in [0.15, 0.2) is 0 Å². The normalized spacial score (nSPS) is 38.6. The predicted molar refractivity (Wildman–Crippen MR) is 52.4 cm³/mol. The molecule has 1 aliphatic rings. The third-order valence-electron chi connectivity index (χ3n) is 2.78. The average molecular weight is 204 g/mol. The first-order valence-electron chi connectivity index (χ1n) is 4.98. The van der Waals surface area contributed by atoms with Crippen molar-refractivity contribution in [2.75, 3.05) is 27.9 Å². The zero-order valence-electron chi connectivity index (χ0n) is 9.36. The second kappa shape index (κ2) is 5.66. The van der Waals surface area contributed by atoms with Gasteiger partial charge in [0.05, 0.1) is 12.7 Å². The van der Waals surface area contributed by atoms with Crippen LogP contribution in [-0.2, 0) is 18.9 Å². The van der Waals surface area contributed by atoms with Crippen LogP contribution >= 0.6 is 0 Å². The summed E-state index contributed by atoms with van der Waals surface area (Å²) in [5, 5.41) is 0. The van der Waals surface area contributed by atoms with Crippen molar-refractivity contribution >= 4 is 0 Å². The van der Waals surface area contributed by atoms with Gasteiger partial charge in [-0.3, -0.25) is 0 Å². The second-order valence-corrected chi connectivity index (χ2v) is 3.45. The highest BCUT2D eigenvalue weighted by Gasteiger charge is 2.40. The first-order chi connectivity index (χ1) is 6.78. The Morgan fingerprint density at radius 1 is 1.07 bits per heavy atom. The third kappa shape index (κ3) is 2.25. The minimum atomic E-state index is -0.0382. The van der Waals surface area contributed by atoms with Gasteiger partial charge in [-0.1, -0.05) is 6.92 Å². The van der Waals surface area contributed by atoms with Crippen molar-refractivity contribution in [3.8, 4) is 0 Å². The van der Waals surface area contributed by atoms with Crippen LogP contribution in [-0.4, -0.2) is 52.4 Å². The molecule has 0 aromatic rings.